The summed E-state index contributed by atoms with van der Waals surface area (Å²) in [6, 6.07) is 7.81. The zero-order chi connectivity index (χ0) is 12.3. The van der Waals surface area contributed by atoms with E-state index in [4.69, 9.17) is 17.3 Å². The van der Waals surface area contributed by atoms with E-state index < -0.39 is 0 Å². The minimum atomic E-state index is -0.295. The van der Waals surface area contributed by atoms with E-state index in [2.05, 4.69) is 5.32 Å². The summed E-state index contributed by atoms with van der Waals surface area (Å²) in [6.07, 6.45) is 2.28. The lowest BCUT2D eigenvalue weighted by Gasteiger charge is -2.14. The molecule has 0 spiro atoms. The highest BCUT2D eigenvalue weighted by atomic mass is 35.5. The van der Waals surface area contributed by atoms with E-state index >= 15 is 0 Å². The van der Waals surface area contributed by atoms with Gasteiger partial charge in [-0.2, -0.15) is 0 Å². The lowest BCUT2D eigenvalue weighted by molar-refractivity contribution is -0.119. The van der Waals surface area contributed by atoms with Gasteiger partial charge in [0.15, 0.2) is 0 Å². The number of nitrogens with two attached hydrogens (primary N) is 1. The fourth-order valence-corrected chi connectivity index (χ4v) is 2.77. The molecule has 1 fully saturated rings. The summed E-state index contributed by atoms with van der Waals surface area (Å²) in [5.74, 6) is 0.326. The van der Waals surface area contributed by atoms with Crippen LogP contribution in [0.25, 0.3) is 0 Å². The van der Waals surface area contributed by atoms with Crippen molar-refractivity contribution in [3.8, 4) is 0 Å². The number of carbonyl (C=O) groups excluding carboxylic acids is 1. The molecule has 1 aliphatic rings. The molecule has 1 unspecified atom stereocenters. The van der Waals surface area contributed by atoms with Crippen LogP contribution in [0.2, 0.25) is 5.02 Å². The molecule has 1 saturated carbocycles. The van der Waals surface area contributed by atoms with Crippen LogP contribution < -0.4 is 11.1 Å². The molecule has 1 aromatic rings. The number of halogens is 1. The first-order valence-corrected chi connectivity index (χ1v) is 6.96. The molecule has 17 heavy (non-hydrogen) atoms. The molecule has 3 nitrogen and oxygen atoms in total. The van der Waals surface area contributed by atoms with Gasteiger partial charge in [0.05, 0.1) is 11.1 Å². The van der Waals surface area contributed by atoms with Gasteiger partial charge in [-0.25, -0.2) is 0 Å². The van der Waals surface area contributed by atoms with Crippen LogP contribution in [-0.2, 0) is 4.79 Å². The topological polar surface area (TPSA) is 55.1 Å². The van der Waals surface area contributed by atoms with E-state index in [1.165, 1.54) is 0 Å². The summed E-state index contributed by atoms with van der Waals surface area (Å²) in [4.78, 5) is 12.3. The van der Waals surface area contributed by atoms with Crippen LogP contribution in [-0.4, -0.2) is 23.7 Å². The van der Waals surface area contributed by atoms with Crippen LogP contribution in [0.5, 0.6) is 0 Å². The lowest BCUT2D eigenvalue weighted by atomic mass is 10.3. The molecule has 0 aromatic heterocycles. The van der Waals surface area contributed by atoms with E-state index in [1.54, 1.807) is 11.8 Å². The van der Waals surface area contributed by atoms with Gasteiger partial charge in [-0.3, -0.25) is 4.79 Å². The van der Waals surface area contributed by atoms with E-state index in [0.717, 1.165) is 17.7 Å². The minimum Gasteiger partial charge on any atom is -0.368 e. The first kappa shape index (κ1) is 12.7. The van der Waals surface area contributed by atoms with Crippen LogP contribution in [0.15, 0.2) is 29.2 Å². The number of hydrogen-bond acceptors (Lipinski definition) is 3. The lowest BCUT2D eigenvalue weighted by Crippen LogP contribution is -2.44. The summed E-state index contributed by atoms with van der Waals surface area (Å²) in [7, 11) is 0. The molecule has 0 radical (unpaired) electrons. The fraction of sp³-hybridized carbons (Fsp3) is 0.417. The normalized spacial score (nSPS) is 16.8. The van der Waals surface area contributed by atoms with Gasteiger partial charge in [0, 0.05) is 16.7 Å². The van der Waals surface area contributed by atoms with Crippen molar-refractivity contribution < 1.29 is 4.79 Å². The van der Waals surface area contributed by atoms with Crippen LogP contribution >= 0.6 is 23.4 Å². The SMILES string of the molecule is NC(=O)C(CSc1ccccc1Cl)NC1CC1. The number of hydrogen-bond donors (Lipinski definition) is 2. The second kappa shape index (κ2) is 5.76. The predicted molar refractivity (Wildman–Crippen MR) is 71.3 cm³/mol. The summed E-state index contributed by atoms with van der Waals surface area (Å²) in [5, 5.41) is 3.96. The number of benzene rings is 1. The van der Waals surface area contributed by atoms with Crippen molar-refractivity contribution in [3.05, 3.63) is 29.3 Å². The number of amides is 1. The Hall–Kier alpha value is -0.710. The van der Waals surface area contributed by atoms with Gasteiger partial charge in [0.25, 0.3) is 0 Å². The van der Waals surface area contributed by atoms with Crippen LogP contribution in [0, 0.1) is 0 Å². The van der Waals surface area contributed by atoms with Gasteiger partial charge in [-0.05, 0) is 25.0 Å². The number of nitrogens with one attached hydrogen (secondary N) is 1. The average molecular weight is 271 g/mol. The van der Waals surface area contributed by atoms with Gasteiger partial charge in [-0.1, -0.05) is 23.7 Å². The van der Waals surface area contributed by atoms with Crippen molar-refractivity contribution in [1.29, 1.82) is 0 Å². The van der Waals surface area contributed by atoms with Crippen molar-refractivity contribution in [2.24, 2.45) is 5.73 Å². The fourth-order valence-electron chi connectivity index (χ4n) is 1.48. The number of rotatable bonds is 6. The maximum absolute atomic E-state index is 11.3. The summed E-state index contributed by atoms with van der Waals surface area (Å²) >= 11 is 7.61. The number of carbonyl (C=O) groups is 1. The zero-order valence-electron chi connectivity index (χ0n) is 9.36. The van der Waals surface area contributed by atoms with Gasteiger partial charge >= 0.3 is 0 Å². The van der Waals surface area contributed by atoms with Gasteiger partial charge in [0.1, 0.15) is 0 Å². The summed E-state index contributed by atoms with van der Waals surface area (Å²) in [5.41, 5.74) is 5.37. The van der Waals surface area contributed by atoms with Crippen LogP contribution in [0.4, 0.5) is 0 Å². The molecule has 3 N–H and O–H groups in total. The van der Waals surface area contributed by atoms with E-state index in [-0.39, 0.29) is 11.9 Å². The molecule has 1 aromatic carbocycles. The van der Waals surface area contributed by atoms with Gasteiger partial charge in [0.2, 0.25) is 5.91 Å². The molecule has 1 atom stereocenters. The number of thioether (sulfide) groups is 1. The molecule has 1 aliphatic carbocycles. The minimum absolute atomic E-state index is 0.274. The molecular weight excluding hydrogens is 256 g/mol. The molecule has 0 saturated heterocycles. The highest BCUT2D eigenvalue weighted by molar-refractivity contribution is 7.99. The third-order valence-corrected chi connectivity index (χ3v) is 4.21. The monoisotopic (exact) mass is 270 g/mol. The molecule has 1 amide bonds. The van der Waals surface area contributed by atoms with Crippen LogP contribution in [0.1, 0.15) is 12.8 Å². The Labute approximate surface area is 110 Å². The second-order valence-corrected chi connectivity index (χ2v) is 5.61. The van der Waals surface area contributed by atoms with Crippen molar-refractivity contribution in [1.82, 2.24) is 5.32 Å². The first-order valence-electron chi connectivity index (χ1n) is 5.59. The van der Waals surface area contributed by atoms with Crippen molar-refractivity contribution >= 4 is 29.3 Å². The van der Waals surface area contributed by atoms with Gasteiger partial charge in [-0.15, -0.1) is 11.8 Å². The van der Waals surface area contributed by atoms with Crippen molar-refractivity contribution in [2.45, 2.75) is 29.8 Å². The van der Waals surface area contributed by atoms with E-state index in [9.17, 15) is 4.79 Å². The third-order valence-electron chi connectivity index (χ3n) is 2.60. The summed E-state index contributed by atoms with van der Waals surface area (Å²) in [6.45, 7) is 0. The molecule has 92 valence electrons. The smallest absolute Gasteiger partial charge is 0.235 e. The maximum atomic E-state index is 11.3. The Morgan fingerprint density at radius 3 is 2.82 bits per heavy atom. The molecule has 5 heteroatoms. The van der Waals surface area contributed by atoms with Gasteiger partial charge < -0.3 is 11.1 Å². The molecule has 0 bridgehead atoms. The summed E-state index contributed by atoms with van der Waals surface area (Å²) < 4.78 is 0. The average Bonchev–Trinajstić information content (AvgIpc) is 3.09. The Morgan fingerprint density at radius 1 is 1.53 bits per heavy atom. The van der Waals surface area contributed by atoms with Crippen molar-refractivity contribution in [2.75, 3.05) is 5.75 Å². The highest BCUT2D eigenvalue weighted by Crippen LogP contribution is 2.27. The standard InChI is InChI=1S/C12H15ClN2OS/c13-9-3-1-2-4-11(9)17-7-10(12(14)16)15-8-5-6-8/h1-4,8,10,15H,5-7H2,(H2,14,16). The highest BCUT2D eigenvalue weighted by Gasteiger charge is 2.27. The molecule has 0 heterocycles. The number of primary amides is 1. The largest absolute Gasteiger partial charge is 0.368 e. The van der Waals surface area contributed by atoms with Crippen LogP contribution in [0.3, 0.4) is 0 Å². The van der Waals surface area contributed by atoms with E-state index in [1.807, 2.05) is 24.3 Å². The van der Waals surface area contributed by atoms with Crippen molar-refractivity contribution in [3.63, 3.8) is 0 Å². The maximum Gasteiger partial charge on any atom is 0.235 e. The quantitative estimate of drug-likeness (QED) is 0.778. The molecule has 2 rings (SSSR count). The van der Waals surface area contributed by atoms with E-state index in [0.29, 0.717) is 16.8 Å². The zero-order valence-corrected chi connectivity index (χ0v) is 10.9. The Balaban J connectivity index is 1.90. The second-order valence-electron chi connectivity index (χ2n) is 4.14. The third kappa shape index (κ3) is 3.91. The predicted octanol–water partition coefficient (Wildman–Crippen LogP) is 2.04. The molecule has 0 aliphatic heterocycles. The Kier molecular flexibility index (Phi) is 4.31. The Bertz CT molecular complexity index is 409. The first-order chi connectivity index (χ1) is 8.16. The molecular formula is C12H15ClN2OS. The Morgan fingerprint density at radius 2 is 2.24 bits per heavy atom.